The van der Waals surface area contributed by atoms with E-state index < -0.39 is 0 Å². The van der Waals surface area contributed by atoms with E-state index in [2.05, 4.69) is 22.2 Å². The first-order valence-electron chi connectivity index (χ1n) is 7.58. The monoisotopic (exact) mass is 255 g/mol. The molecule has 2 saturated heterocycles. The van der Waals surface area contributed by atoms with E-state index in [0.29, 0.717) is 6.10 Å². The molecule has 0 unspecified atom stereocenters. The molecule has 18 heavy (non-hydrogen) atoms. The first kappa shape index (κ1) is 14.3. The Balaban J connectivity index is 1.47. The van der Waals surface area contributed by atoms with Crippen LogP contribution in [0.15, 0.2) is 0 Å². The van der Waals surface area contributed by atoms with E-state index in [1.165, 1.54) is 51.9 Å². The van der Waals surface area contributed by atoms with E-state index >= 15 is 0 Å². The summed E-state index contributed by atoms with van der Waals surface area (Å²) in [7, 11) is 2.21. The van der Waals surface area contributed by atoms with Crippen molar-refractivity contribution in [2.75, 3.05) is 59.5 Å². The molecule has 0 radical (unpaired) electrons. The molecular formula is C14H29N3O. The molecule has 0 aromatic heterocycles. The Morgan fingerprint density at radius 3 is 2.61 bits per heavy atom. The molecule has 2 heterocycles. The predicted molar refractivity (Wildman–Crippen MR) is 75.0 cm³/mol. The zero-order valence-electron chi connectivity index (χ0n) is 11.9. The van der Waals surface area contributed by atoms with Crippen LogP contribution < -0.4 is 5.32 Å². The average Bonchev–Trinajstić information content (AvgIpc) is 2.91. The maximum Gasteiger partial charge on any atom is 0.0600 e. The second kappa shape index (κ2) is 8.10. The molecule has 4 nitrogen and oxygen atoms in total. The van der Waals surface area contributed by atoms with Gasteiger partial charge in [0, 0.05) is 19.6 Å². The van der Waals surface area contributed by atoms with Crippen LogP contribution >= 0.6 is 0 Å². The van der Waals surface area contributed by atoms with Gasteiger partial charge in [0.25, 0.3) is 0 Å². The highest BCUT2D eigenvalue weighted by Crippen LogP contribution is 2.08. The molecule has 2 aliphatic rings. The summed E-state index contributed by atoms with van der Waals surface area (Å²) in [6, 6.07) is 0. The highest BCUT2D eigenvalue weighted by atomic mass is 16.5. The Kier molecular flexibility index (Phi) is 6.41. The molecule has 2 fully saturated rings. The normalized spacial score (nSPS) is 23.0. The molecule has 0 spiro atoms. The van der Waals surface area contributed by atoms with Crippen molar-refractivity contribution in [2.45, 2.75) is 31.8 Å². The van der Waals surface area contributed by atoms with Crippen LogP contribution in [0.5, 0.6) is 0 Å². The van der Waals surface area contributed by atoms with Crippen molar-refractivity contribution in [3.8, 4) is 0 Å². The second-order valence-electron chi connectivity index (χ2n) is 5.67. The lowest BCUT2D eigenvalue weighted by Crippen LogP contribution is -2.36. The van der Waals surface area contributed by atoms with Crippen LogP contribution in [0.2, 0.25) is 0 Å². The number of hydrogen-bond donors (Lipinski definition) is 1. The number of likely N-dealkylation sites (tertiary alicyclic amines) is 1. The van der Waals surface area contributed by atoms with Gasteiger partial charge in [-0.25, -0.2) is 0 Å². The first-order chi connectivity index (χ1) is 8.84. The van der Waals surface area contributed by atoms with Gasteiger partial charge in [-0.1, -0.05) is 0 Å². The summed E-state index contributed by atoms with van der Waals surface area (Å²) in [6.07, 6.45) is 5.64. The fraction of sp³-hybridized carbons (Fsp3) is 1.00. The molecule has 2 aliphatic heterocycles. The lowest BCUT2D eigenvalue weighted by atomic mass is 10.1. The fourth-order valence-electron chi connectivity index (χ4n) is 2.77. The average molecular weight is 255 g/mol. The molecular weight excluding hydrogens is 226 g/mol. The number of nitrogens with zero attached hydrogens (tertiary/aromatic N) is 2. The van der Waals surface area contributed by atoms with Gasteiger partial charge >= 0.3 is 0 Å². The molecule has 0 aromatic carbocycles. The minimum Gasteiger partial charge on any atom is -0.377 e. The van der Waals surface area contributed by atoms with E-state index in [-0.39, 0.29) is 0 Å². The van der Waals surface area contributed by atoms with Gasteiger partial charge in [-0.3, -0.25) is 0 Å². The van der Waals surface area contributed by atoms with Crippen molar-refractivity contribution in [1.82, 2.24) is 15.1 Å². The number of piperidine rings is 1. The van der Waals surface area contributed by atoms with Gasteiger partial charge in [0.1, 0.15) is 0 Å². The highest BCUT2D eigenvalue weighted by molar-refractivity contribution is 4.69. The topological polar surface area (TPSA) is 27.7 Å². The molecule has 0 aromatic rings. The zero-order valence-corrected chi connectivity index (χ0v) is 11.9. The number of ether oxygens (including phenoxy) is 1. The molecule has 106 valence electrons. The van der Waals surface area contributed by atoms with Gasteiger partial charge in [0.15, 0.2) is 0 Å². The minimum atomic E-state index is 0.498. The van der Waals surface area contributed by atoms with Gasteiger partial charge < -0.3 is 19.9 Å². The fourth-order valence-corrected chi connectivity index (χ4v) is 2.77. The van der Waals surface area contributed by atoms with E-state index in [9.17, 15) is 0 Å². The second-order valence-corrected chi connectivity index (χ2v) is 5.67. The van der Waals surface area contributed by atoms with Crippen LogP contribution in [0.4, 0.5) is 0 Å². The smallest absolute Gasteiger partial charge is 0.0600 e. The summed E-state index contributed by atoms with van der Waals surface area (Å²) in [4.78, 5) is 4.98. The summed E-state index contributed by atoms with van der Waals surface area (Å²) in [5.74, 6) is 0. The minimum absolute atomic E-state index is 0.498. The Morgan fingerprint density at radius 2 is 1.89 bits per heavy atom. The van der Waals surface area contributed by atoms with E-state index in [0.717, 1.165) is 26.2 Å². The predicted octanol–water partition coefficient (Wildman–Crippen LogP) is 0.783. The quantitative estimate of drug-likeness (QED) is 0.728. The van der Waals surface area contributed by atoms with E-state index in [1.54, 1.807) is 0 Å². The van der Waals surface area contributed by atoms with Gasteiger partial charge in [-0.15, -0.1) is 0 Å². The molecule has 2 rings (SSSR count). The van der Waals surface area contributed by atoms with Crippen molar-refractivity contribution >= 4 is 0 Å². The Bertz CT molecular complexity index is 213. The van der Waals surface area contributed by atoms with Crippen molar-refractivity contribution in [1.29, 1.82) is 0 Å². The van der Waals surface area contributed by atoms with Crippen molar-refractivity contribution in [2.24, 2.45) is 0 Å². The van der Waals surface area contributed by atoms with Gasteiger partial charge in [-0.05, 0) is 58.9 Å². The van der Waals surface area contributed by atoms with Crippen molar-refractivity contribution in [3.05, 3.63) is 0 Å². The van der Waals surface area contributed by atoms with Crippen molar-refractivity contribution in [3.63, 3.8) is 0 Å². The Labute approximate surface area is 112 Å². The highest BCUT2D eigenvalue weighted by Gasteiger charge is 2.14. The molecule has 1 N–H and O–H groups in total. The summed E-state index contributed by atoms with van der Waals surface area (Å²) in [6.45, 7) is 9.21. The van der Waals surface area contributed by atoms with Gasteiger partial charge in [0.2, 0.25) is 0 Å². The number of likely N-dealkylation sites (N-methyl/N-ethyl adjacent to an activating group) is 1. The van der Waals surface area contributed by atoms with Gasteiger partial charge in [-0.2, -0.15) is 0 Å². The standard InChI is InChI=1S/C14H29N3O/c1-16(10-11-17-8-2-3-9-17)12-13-18-14-4-6-15-7-5-14/h14-15H,2-13H2,1H3. The largest absolute Gasteiger partial charge is 0.377 e. The summed E-state index contributed by atoms with van der Waals surface area (Å²) < 4.78 is 5.93. The van der Waals surface area contributed by atoms with E-state index in [1.807, 2.05) is 0 Å². The lowest BCUT2D eigenvalue weighted by Gasteiger charge is -2.25. The Hall–Kier alpha value is -0.160. The van der Waals surface area contributed by atoms with Crippen LogP contribution in [0.3, 0.4) is 0 Å². The molecule has 0 saturated carbocycles. The summed E-state index contributed by atoms with van der Waals surface area (Å²) in [5.41, 5.74) is 0. The molecule has 0 atom stereocenters. The Morgan fingerprint density at radius 1 is 1.17 bits per heavy atom. The number of hydrogen-bond acceptors (Lipinski definition) is 4. The zero-order chi connectivity index (χ0) is 12.6. The number of nitrogens with one attached hydrogen (secondary N) is 1. The van der Waals surface area contributed by atoms with Crippen LogP contribution in [0, 0.1) is 0 Å². The summed E-state index contributed by atoms with van der Waals surface area (Å²) in [5, 5.41) is 3.37. The molecule has 4 heteroatoms. The van der Waals surface area contributed by atoms with Crippen LogP contribution in [-0.4, -0.2) is 75.4 Å². The lowest BCUT2D eigenvalue weighted by molar-refractivity contribution is 0.0225. The molecule has 0 aliphatic carbocycles. The van der Waals surface area contributed by atoms with E-state index in [4.69, 9.17) is 4.74 Å². The first-order valence-corrected chi connectivity index (χ1v) is 7.58. The van der Waals surface area contributed by atoms with Crippen LogP contribution in [0.25, 0.3) is 0 Å². The van der Waals surface area contributed by atoms with Crippen LogP contribution in [0.1, 0.15) is 25.7 Å². The third-order valence-electron chi connectivity index (χ3n) is 4.11. The molecule has 0 amide bonds. The van der Waals surface area contributed by atoms with Gasteiger partial charge in [0.05, 0.1) is 12.7 Å². The maximum absolute atomic E-state index is 5.93. The molecule has 0 bridgehead atoms. The SMILES string of the molecule is CN(CCOC1CCNCC1)CCN1CCCC1. The third-order valence-corrected chi connectivity index (χ3v) is 4.11. The van der Waals surface area contributed by atoms with Crippen molar-refractivity contribution < 1.29 is 4.74 Å². The maximum atomic E-state index is 5.93. The van der Waals surface area contributed by atoms with Crippen LogP contribution in [-0.2, 0) is 4.74 Å². The summed E-state index contributed by atoms with van der Waals surface area (Å²) >= 11 is 0. The third kappa shape index (κ3) is 5.22. The number of rotatable bonds is 7.